The van der Waals surface area contributed by atoms with E-state index in [-0.39, 0.29) is 11.7 Å². The third kappa shape index (κ3) is 3.89. The fraction of sp³-hybridized carbons (Fsp3) is 0.188. The molecule has 4 N–H and O–H groups in total. The third-order valence-electron chi connectivity index (χ3n) is 2.85. The Morgan fingerprint density at radius 3 is 2.81 bits per heavy atom. The standard InChI is InChI=1S/C16H18N2O3/c1-2-8-21-13-5-3-4-11(9-13)16(20)18-15-7-6-12(19)10-14(15)17/h3-7,9-10,19H,2,8,17H2,1H3,(H,18,20). The zero-order valence-corrected chi connectivity index (χ0v) is 11.8. The van der Waals surface area contributed by atoms with E-state index in [1.54, 1.807) is 30.3 Å². The lowest BCUT2D eigenvalue weighted by Gasteiger charge is -2.10. The number of phenolic OH excluding ortho intramolecular Hbond substituents is 1. The van der Waals surface area contributed by atoms with Crippen molar-refractivity contribution in [1.82, 2.24) is 0 Å². The van der Waals surface area contributed by atoms with Crippen LogP contribution < -0.4 is 15.8 Å². The first kappa shape index (κ1) is 14.7. The van der Waals surface area contributed by atoms with E-state index in [0.29, 0.717) is 29.3 Å². The number of anilines is 2. The summed E-state index contributed by atoms with van der Waals surface area (Å²) in [5.74, 6) is 0.429. The van der Waals surface area contributed by atoms with Crippen molar-refractivity contribution in [1.29, 1.82) is 0 Å². The van der Waals surface area contributed by atoms with Gasteiger partial charge in [-0.1, -0.05) is 13.0 Å². The summed E-state index contributed by atoms with van der Waals surface area (Å²) in [4.78, 5) is 12.2. The number of hydrogen-bond acceptors (Lipinski definition) is 4. The van der Waals surface area contributed by atoms with Crippen LogP contribution in [0.15, 0.2) is 42.5 Å². The molecular formula is C16H18N2O3. The van der Waals surface area contributed by atoms with Gasteiger partial charge in [0, 0.05) is 11.6 Å². The topological polar surface area (TPSA) is 84.6 Å². The highest BCUT2D eigenvalue weighted by atomic mass is 16.5. The van der Waals surface area contributed by atoms with E-state index < -0.39 is 0 Å². The molecule has 0 radical (unpaired) electrons. The normalized spacial score (nSPS) is 10.1. The molecule has 110 valence electrons. The zero-order valence-electron chi connectivity index (χ0n) is 11.8. The zero-order chi connectivity index (χ0) is 15.2. The molecule has 0 heterocycles. The Bertz CT molecular complexity index is 641. The summed E-state index contributed by atoms with van der Waals surface area (Å²) in [6.45, 7) is 2.63. The molecule has 0 aliphatic rings. The molecule has 0 unspecified atom stereocenters. The maximum atomic E-state index is 12.2. The lowest BCUT2D eigenvalue weighted by Crippen LogP contribution is -2.13. The molecule has 0 saturated heterocycles. The molecule has 1 amide bonds. The average Bonchev–Trinajstić information content (AvgIpc) is 2.48. The van der Waals surface area contributed by atoms with Crippen molar-refractivity contribution in [2.24, 2.45) is 0 Å². The number of nitrogen functional groups attached to an aromatic ring is 1. The van der Waals surface area contributed by atoms with Crippen LogP contribution in [-0.4, -0.2) is 17.6 Å². The van der Waals surface area contributed by atoms with Gasteiger partial charge in [0.1, 0.15) is 11.5 Å². The summed E-state index contributed by atoms with van der Waals surface area (Å²) in [7, 11) is 0. The van der Waals surface area contributed by atoms with E-state index in [0.717, 1.165) is 6.42 Å². The predicted molar refractivity (Wildman–Crippen MR) is 82.7 cm³/mol. The van der Waals surface area contributed by atoms with Gasteiger partial charge < -0.3 is 20.9 Å². The molecule has 0 spiro atoms. The molecular weight excluding hydrogens is 268 g/mol. The van der Waals surface area contributed by atoms with E-state index in [1.165, 1.54) is 12.1 Å². The minimum absolute atomic E-state index is 0.0560. The van der Waals surface area contributed by atoms with Crippen molar-refractivity contribution in [2.45, 2.75) is 13.3 Å². The van der Waals surface area contributed by atoms with Gasteiger partial charge in [0.05, 0.1) is 18.0 Å². The summed E-state index contributed by atoms with van der Waals surface area (Å²) < 4.78 is 5.50. The van der Waals surface area contributed by atoms with Gasteiger partial charge >= 0.3 is 0 Å². The molecule has 21 heavy (non-hydrogen) atoms. The van der Waals surface area contributed by atoms with Gasteiger partial charge in [-0.05, 0) is 36.8 Å². The van der Waals surface area contributed by atoms with Crippen LogP contribution >= 0.6 is 0 Å². The molecule has 0 atom stereocenters. The molecule has 0 fully saturated rings. The van der Waals surface area contributed by atoms with Gasteiger partial charge in [0.2, 0.25) is 0 Å². The van der Waals surface area contributed by atoms with E-state index in [2.05, 4.69) is 5.32 Å². The van der Waals surface area contributed by atoms with Crippen LogP contribution in [0.4, 0.5) is 11.4 Å². The van der Waals surface area contributed by atoms with Crippen LogP contribution in [0.1, 0.15) is 23.7 Å². The summed E-state index contributed by atoms with van der Waals surface area (Å²) in [5, 5.41) is 12.0. The van der Waals surface area contributed by atoms with E-state index >= 15 is 0 Å². The minimum Gasteiger partial charge on any atom is -0.508 e. The van der Waals surface area contributed by atoms with Crippen molar-refractivity contribution in [3.8, 4) is 11.5 Å². The SMILES string of the molecule is CCCOc1cccc(C(=O)Nc2ccc(O)cc2N)c1. The first-order chi connectivity index (χ1) is 10.1. The predicted octanol–water partition coefficient (Wildman–Crippen LogP) is 3.02. The van der Waals surface area contributed by atoms with Crippen LogP contribution in [-0.2, 0) is 0 Å². The number of amides is 1. The monoisotopic (exact) mass is 286 g/mol. The maximum absolute atomic E-state index is 12.2. The van der Waals surface area contributed by atoms with Gasteiger partial charge in [-0.15, -0.1) is 0 Å². The van der Waals surface area contributed by atoms with Crippen LogP contribution in [0.2, 0.25) is 0 Å². The fourth-order valence-corrected chi connectivity index (χ4v) is 1.81. The molecule has 0 aliphatic heterocycles. The molecule has 0 aliphatic carbocycles. The smallest absolute Gasteiger partial charge is 0.255 e. The molecule has 2 rings (SSSR count). The fourth-order valence-electron chi connectivity index (χ4n) is 1.81. The third-order valence-corrected chi connectivity index (χ3v) is 2.85. The Morgan fingerprint density at radius 1 is 1.29 bits per heavy atom. The molecule has 5 heteroatoms. The van der Waals surface area contributed by atoms with Gasteiger partial charge in [-0.2, -0.15) is 0 Å². The van der Waals surface area contributed by atoms with Crippen LogP contribution in [0.5, 0.6) is 11.5 Å². The van der Waals surface area contributed by atoms with Gasteiger partial charge in [-0.3, -0.25) is 4.79 Å². The molecule has 0 saturated carbocycles. The molecule has 2 aromatic carbocycles. The Labute approximate surface area is 123 Å². The largest absolute Gasteiger partial charge is 0.508 e. The van der Waals surface area contributed by atoms with Gasteiger partial charge in [0.15, 0.2) is 0 Å². The summed E-state index contributed by atoms with van der Waals surface area (Å²) in [6.07, 6.45) is 0.903. The number of nitrogens with one attached hydrogen (secondary N) is 1. The van der Waals surface area contributed by atoms with Crippen molar-refractivity contribution < 1.29 is 14.6 Å². The Hall–Kier alpha value is -2.69. The number of phenols is 1. The van der Waals surface area contributed by atoms with Crippen molar-refractivity contribution >= 4 is 17.3 Å². The molecule has 0 aromatic heterocycles. The van der Waals surface area contributed by atoms with E-state index in [1.807, 2.05) is 6.92 Å². The summed E-state index contributed by atoms with van der Waals surface area (Å²) in [5.41, 5.74) is 6.99. The average molecular weight is 286 g/mol. The number of nitrogens with two attached hydrogens (primary N) is 1. The number of hydrogen-bond donors (Lipinski definition) is 3. The Kier molecular flexibility index (Phi) is 4.66. The van der Waals surface area contributed by atoms with Crippen LogP contribution in [0, 0.1) is 0 Å². The maximum Gasteiger partial charge on any atom is 0.255 e. The number of carbonyl (C=O) groups excluding carboxylic acids is 1. The number of aromatic hydroxyl groups is 1. The highest BCUT2D eigenvalue weighted by molar-refractivity contribution is 6.06. The molecule has 5 nitrogen and oxygen atoms in total. The molecule has 0 bridgehead atoms. The van der Waals surface area contributed by atoms with Crippen LogP contribution in [0.25, 0.3) is 0 Å². The minimum atomic E-state index is -0.283. The quantitative estimate of drug-likeness (QED) is 0.582. The highest BCUT2D eigenvalue weighted by Crippen LogP contribution is 2.24. The number of benzene rings is 2. The Balaban J connectivity index is 2.12. The van der Waals surface area contributed by atoms with Crippen LogP contribution in [0.3, 0.4) is 0 Å². The first-order valence-electron chi connectivity index (χ1n) is 6.73. The van der Waals surface area contributed by atoms with Crippen molar-refractivity contribution in [3.05, 3.63) is 48.0 Å². The van der Waals surface area contributed by atoms with Crippen molar-refractivity contribution in [2.75, 3.05) is 17.7 Å². The van der Waals surface area contributed by atoms with E-state index in [9.17, 15) is 9.90 Å². The number of ether oxygens (including phenoxy) is 1. The van der Waals surface area contributed by atoms with E-state index in [4.69, 9.17) is 10.5 Å². The molecule has 2 aromatic rings. The van der Waals surface area contributed by atoms with Crippen molar-refractivity contribution in [3.63, 3.8) is 0 Å². The first-order valence-corrected chi connectivity index (χ1v) is 6.73. The lowest BCUT2D eigenvalue weighted by molar-refractivity contribution is 0.102. The summed E-state index contributed by atoms with van der Waals surface area (Å²) in [6, 6.07) is 11.4. The summed E-state index contributed by atoms with van der Waals surface area (Å²) >= 11 is 0. The van der Waals surface area contributed by atoms with Gasteiger partial charge in [0.25, 0.3) is 5.91 Å². The second kappa shape index (κ2) is 6.65. The number of rotatable bonds is 5. The lowest BCUT2D eigenvalue weighted by atomic mass is 10.2. The highest BCUT2D eigenvalue weighted by Gasteiger charge is 2.09. The Morgan fingerprint density at radius 2 is 2.10 bits per heavy atom. The second-order valence-corrected chi connectivity index (χ2v) is 4.60. The second-order valence-electron chi connectivity index (χ2n) is 4.60. The van der Waals surface area contributed by atoms with Gasteiger partial charge in [-0.25, -0.2) is 0 Å². The number of carbonyl (C=O) groups is 1.